The third-order valence-corrected chi connectivity index (χ3v) is 4.10. The molecule has 0 aliphatic carbocycles. The lowest BCUT2D eigenvalue weighted by molar-refractivity contribution is 0.0842. The van der Waals surface area contributed by atoms with Gasteiger partial charge in [-0.15, -0.1) is 0 Å². The van der Waals surface area contributed by atoms with E-state index in [9.17, 15) is 0 Å². The van der Waals surface area contributed by atoms with Crippen LogP contribution in [-0.4, -0.2) is 18.8 Å². The Morgan fingerprint density at radius 1 is 1.47 bits per heavy atom. The summed E-state index contributed by atoms with van der Waals surface area (Å²) in [5, 5.41) is 1.76. The van der Waals surface area contributed by atoms with Crippen LogP contribution in [0.25, 0.3) is 0 Å². The summed E-state index contributed by atoms with van der Waals surface area (Å²) in [6.45, 7) is 11.9. The summed E-state index contributed by atoms with van der Waals surface area (Å²) >= 11 is 1.46. The monoisotopic (exact) mass is 277 g/mol. The van der Waals surface area contributed by atoms with Crippen LogP contribution in [0.5, 0.6) is 0 Å². The molecular weight excluding hydrogens is 257 g/mol. The summed E-state index contributed by atoms with van der Waals surface area (Å²) in [6, 6.07) is 6.10. The fraction of sp³-hybridized carbons (Fsp3) is 0.429. The van der Waals surface area contributed by atoms with Crippen LogP contribution in [-0.2, 0) is 9.31 Å². The van der Waals surface area contributed by atoms with Crippen LogP contribution < -0.4 is 10.2 Å². The lowest BCUT2D eigenvalue weighted by Gasteiger charge is -2.21. The van der Waals surface area contributed by atoms with Crippen molar-refractivity contribution in [2.24, 2.45) is 0 Å². The molecule has 19 heavy (non-hydrogen) atoms. The number of nitrogens with one attached hydrogen (secondary N) is 1. The molecule has 1 aromatic rings. The highest BCUT2D eigenvalue weighted by atomic mass is 32.2. The van der Waals surface area contributed by atoms with Gasteiger partial charge < -0.3 is 14.0 Å². The number of hydrogen-bond donors (Lipinski definition) is 1. The number of hydrogen-bond acceptors (Lipinski definition) is 4. The summed E-state index contributed by atoms with van der Waals surface area (Å²) in [7, 11) is -0.291. The highest BCUT2D eigenvalue weighted by Crippen LogP contribution is 2.28. The molecule has 2 rings (SSSR count). The zero-order valence-corrected chi connectivity index (χ0v) is 12.7. The van der Waals surface area contributed by atoms with E-state index in [0.717, 1.165) is 16.7 Å². The lowest BCUT2D eigenvalue weighted by atomic mass is 9.76. The molecule has 0 amide bonds. The molecule has 0 aromatic heterocycles. The molecule has 5 heteroatoms. The maximum atomic E-state index is 6.01. The number of anilines is 1. The minimum absolute atomic E-state index is 0.0797. The molecule has 1 aliphatic heterocycles. The topological polar surface area (TPSA) is 30.5 Å². The van der Waals surface area contributed by atoms with Gasteiger partial charge in [0, 0.05) is 5.69 Å². The molecule has 0 spiro atoms. The molecule has 1 aliphatic rings. The van der Waals surface area contributed by atoms with Gasteiger partial charge in [0.25, 0.3) is 0 Å². The first kappa shape index (κ1) is 14.5. The number of rotatable bonds is 4. The lowest BCUT2D eigenvalue weighted by Crippen LogP contribution is -2.36. The Morgan fingerprint density at radius 2 is 2.21 bits per heavy atom. The summed E-state index contributed by atoms with van der Waals surface area (Å²) in [4.78, 5) is 0. The smallest absolute Gasteiger partial charge is 0.402 e. The molecule has 1 unspecified atom stereocenters. The van der Waals surface area contributed by atoms with Crippen LogP contribution in [0.2, 0.25) is 0 Å². The SMILES string of the molecule is C=CSNc1cccc(B2OC(C)C(C)(C)O2)c1C. The van der Waals surface area contributed by atoms with E-state index >= 15 is 0 Å². The first-order valence-corrected chi connectivity index (χ1v) is 7.29. The minimum atomic E-state index is -0.291. The van der Waals surface area contributed by atoms with Crippen molar-refractivity contribution >= 4 is 30.2 Å². The van der Waals surface area contributed by atoms with Crippen LogP contribution in [0.3, 0.4) is 0 Å². The van der Waals surface area contributed by atoms with Crippen molar-refractivity contribution in [2.75, 3.05) is 4.72 Å². The van der Waals surface area contributed by atoms with E-state index in [1.807, 2.05) is 19.1 Å². The van der Waals surface area contributed by atoms with Crippen LogP contribution >= 0.6 is 11.9 Å². The summed E-state index contributed by atoms with van der Waals surface area (Å²) < 4.78 is 15.2. The first-order valence-electron chi connectivity index (χ1n) is 6.41. The summed E-state index contributed by atoms with van der Waals surface area (Å²) in [6.07, 6.45) is 0.0797. The van der Waals surface area contributed by atoms with E-state index in [-0.39, 0.29) is 18.8 Å². The average molecular weight is 277 g/mol. The Balaban J connectivity index is 2.24. The molecule has 1 N–H and O–H groups in total. The van der Waals surface area contributed by atoms with Crippen molar-refractivity contribution in [2.45, 2.75) is 39.4 Å². The third-order valence-electron chi connectivity index (χ3n) is 3.60. The molecule has 102 valence electrons. The second-order valence-electron chi connectivity index (χ2n) is 5.24. The van der Waals surface area contributed by atoms with Gasteiger partial charge in [0.1, 0.15) is 0 Å². The molecule has 1 aromatic carbocycles. The van der Waals surface area contributed by atoms with Gasteiger partial charge >= 0.3 is 7.12 Å². The Morgan fingerprint density at radius 3 is 2.79 bits per heavy atom. The van der Waals surface area contributed by atoms with Crippen molar-refractivity contribution in [1.82, 2.24) is 0 Å². The van der Waals surface area contributed by atoms with Crippen molar-refractivity contribution in [3.63, 3.8) is 0 Å². The van der Waals surface area contributed by atoms with Crippen molar-refractivity contribution in [1.29, 1.82) is 0 Å². The Bertz CT molecular complexity index is 479. The van der Waals surface area contributed by atoms with Gasteiger partial charge in [-0.25, -0.2) is 0 Å². The fourth-order valence-electron chi connectivity index (χ4n) is 2.01. The van der Waals surface area contributed by atoms with E-state index in [0.29, 0.717) is 0 Å². The van der Waals surface area contributed by atoms with Gasteiger partial charge in [0.05, 0.1) is 11.7 Å². The van der Waals surface area contributed by atoms with Gasteiger partial charge in [0.15, 0.2) is 0 Å². The summed E-state index contributed by atoms with van der Waals surface area (Å²) in [5.74, 6) is 0. The van der Waals surface area contributed by atoms with E-state index in [1.54, 1.807) is 5.41 Å². The zero-order chi connectivity index (χ0) is 14.0. The molecule has 0 radical (unpaired) electrons. The van der Waals surface area contributed by atoms with Gasteiger partial charge in [0.2, 0.25) is 0 Å². The van der Waals surface area contributed by atoms with Crippen LogP contribution in [0, 0.1) is 6.92 Å². The standard InChI is InChI=1S/C14H20BNO2S/c1-6-19-16-13-9-7-8-12(10(13)2)15-17-11(3)14(4,5)18-15/h6-9,11,16H,1H2,2-5H3. The largest absolute Gasteiger partial charge is 0.494 e. The van der Waals surface area contributed by atoms with Crippen LogP contribution in [0.4, 0.5) is 5.69 Å². The molecule has 1 heterocycles. The first-order chi connectivity index (χ1) is 8.95. The second-order valence-corrected chi connectivity index (χ2v) is 6.01. The average Bonchev–Trinajstić information content (AvgIpc) is 2.62. The number of benzene rings is 1. The van der Waals surface area contributed by atoms with Gasteiger partial charge in [-0.05, 0) is 62.1 Å². The van der Waals surface area contributed by atoms with Gasteiger partial charge in [-0.3, -0.25) is 0 Å². The molecule has 1 atom stereocenters. The molecule has 0 saturated carbocycles. The zero-order valence-electron chi connectivity index (χ0n) is 11.9. The van der Waals surface area contributed by atoms with Crippen molar-refractivity contribution in [3.05, 3.63) is 35.7 Å². The van der Waals surface area contributed by atoms with Gasteiger partial charge in [-0.2, -0.15) is 0 Å². The Labute approximate surface area is 120 Å². The fourth-order valence-corrected chi connectivity index (χ4v) is 2.44. The normalized spacial score (nSPS) is 21.5. The molecule has 0 bridgehead atoms. The van der Waals surface area contributed by atoms with Crippen LogP contribution in [0.1, 0.15) is 26.3 Å². The molecular formula is C14H20BNO2S. The highest BCUT2D eigenvalue weighted by Gasteiger charge is 2.44. The minimum Gasteiger partial charge on any atom is -0.402 e. The van der Waals surface area contributed by atoms with Crippen LogP contribution in [0.15, 0.2) is 30.2 Å². The predicted molar refractivity (Wildman–Crippen MR) is 83.7 cm³/mol. The van der Waals surface area contributed by atoms with E-state index in [1.165, 1.54) is 11.9 Å². The Hall–Kier alpha value is -0.905. The van der Waals surface area contributed by atoms with E-state index in [2.05, 4.69) is 38.1 Å². The molecule has 3 nitrogen and oxygen atoms in total. The Kier molecular flexibility index (Phi) is 4.28. The predicted octanol–water partition coefficient (Wildman–Crippen LogP) is 3.11. The van der Waals surface area contributed by atoms with E-state index < -0.39 is 0 Å². The van der Waals surface area contributed by atoms with Crippen molar-refractivity contribution in [3.8, 4) is 0 Å². The highest BCUT2D eigenvalue weighted by molar-refractivity contribution is 8.03. The maximum absolute atomic E-state index is 6.01. The van der Waals surface area contributed by atoms with E-state index in [4.69, 9.17) is 9.31 Å². The third kappa shape index (κ3) is 2.99. The second kappa shape index (κ2) is 5.61. The summed E-state index contributed by atoms with van der Waals surface area (Å²) in [5.41, 5.74) is 3.03. The molecule has 1 saturated heterocycles. The molecule has 1 fully saturated rings. The maximum Gasteiger partial charge on any atom is 0.494 e. The van der Waals surface area contributed by atoms with Gasteiger partial charge in [-0.1, -0.05) is 18.7 Å². The quantitative estimate of drug-likeness (QED) is 0.676. The van der Waals surface area contributed by atoms with Crippen molar-refractivity contribution < 1.29 is 9.31 Å².